The second-order valence-corrected chi connectivity index (χ2v) is 10.3. The first-order valence-electron chi connectivity index (χ1n) is 10.7. The maximum atomic E-state index is 13.3. The molecule has 1 aliphatic heterocycles. The molecule has 0 aliphatic carbocycles. The zero-order chi connectivity index (χ0) is 26.1. The first kappa shape index (κ1) is 26.5. The van der Waals surface area contributed by atoms with Gasteiger partial charge in [-0.15, -0.1) is 0 Å². The average Bonchev–Trinajstić information content (AvgIpc) is 2.82. The third-order valence-electron chi connectivity index (χ3n) is 5.57. The molecule has 0 bridgehead atoms. The van der Waals surface area contributed by atoms with Crippen LogP contribution in [0.25, 0.3) is 0 Å². The van der Waals surface area contributed by atoms with Crippen molar-refractivity contribution < 1.29 is 24.2 Å². The molecule has 2 aromatic rings. The van der Waals surface area contributed by atoms with E-state index in [1.807, 2.05) is 0 Å². The van der Waals surface area contributed by atoms with Crippen molar-refractivity contribution in [2.24, 2.45) is 5.41 Å². The lowest BCUT2D eigenvalue weighted by molar-refractivity contribution is -0.139. The van der Waals surface area contributed by atoms with Crippen molar-refractivity contribution in [3.63, 3.8) is 0 Å². The summed E-state index contributed by atoms with van der Waals surface area (Å²) in [7, 11) is 2.41. The number of aliphatic hydroxyl groups excluding tert-OH is 1. The lowest BCUT2D eigenvalue weighted by atomic mass is 9.75. The Balaban J connectivity index is 2.53. The Morgan fingerprint density at radius 3 is 2.03 bits per heavy atom. The minimum absolute atomic E-state index is 0.0570. The smallest absolute Gasteiger partial charge is 0.355 e. The van der Waals surface area contributed by atoms with Gasteiger partial charge in [0.1, 0.15) is 17.3 Å². The maximum Gasteiger partial charge on any atom is 0.355 e. The van der Waals surface area contributed by atoms with E-state index >= 15 is 0 Å². The largest absolute Gasteiger partial charge is 0.511 e. The highest BCUT2D eigenvalue weighted by molar-refractivity contribution is 9.10. The number of nitrogens with one attached hydrogen (secondary N) is 1. The second-order valence-electron chi connectivity index (χ2n) is 8.90. The number of aliphatic hydroxyl groups is 1. The number of carbonyl (C=O) groups excluding carboxylic acids is 2. The van der Waals surface area contributed by atoms with Crippen LogP contribution in [-0.2, 0) is 19.1 Å². The molecule has 0 saturated heterocycles. The van der Waals surface area contributed by atoms with Crippen LogP contribution < -0.4 is 4.90 Å². The molecule has 0 aromatic heterocycles. The predicted molar refractivity (Wildman–Crippen MR) is 139 cm³/mol. The molecule has 9 heteroatoms. The number of methoxy groups -OCH3 is 2. The van der Waals surface area contributed by atoms with Crippen LogP contribution >= 0.6 is 27.5 Å². The van der Waals surface area contributed by atoms with Crippen LogP contribution in [0.5, 0.6) is 0 Å². The van der Waals surface area contributed by atoms with Crippen LogP contribution in [0.1, 0.15) is 32.3 Å². The summed E-state index contributed by atoms with van der Waals surface area (Å²) in [4.78, 5) is 27.7. The van der Waals surface area contributed by atoms with E-state index in [4.69, 9.17) is 21.1 Å². The van der Waals surface area contributed by atoms with Gasteiger partial charge in [-0.1, -0.05) is 60.4 Å². The molecule has 35 heavy (non-hydrogen) atoms. The van der Waals surface area contributed by atoms with Crippen molar-refractivity contribution in [2.45, 2.75) is 26.7 Å². The Bertz CT molecular complexity index is 1230. The standard InChI is InChI=1S/C26H26BrClN2O5/c1-26(2,3)22(31)20-18(14-6-8-15(27)9-7-14)19(24(32)34-4)21(25(33)35-5)30(23(20)29)17-12-10-16(28)11-13-17/h6-13,18,29,31H,1-5H3/b22-20+,29-23?. The quantitative estimate of drug-likeness (QED) is 0.343. The minimum Gasteiger partial charge on any atom is -0.511 e. The van der Waals surface area contributed by atoms with Gasteiger partial charge in [0, 0.05) is 26.2 Å². The number of esters is 2. The fourth-order valence-corrected chi connectivity index (χ4v) is 4.27. The van der Waals surface area contributed by atoms with E-state index in [1.165, 1.54) is 19.1 Å². The van der Waals surface area contributed by atoms with E-state index in [2.05, 4.69) is 15.9 Å². The van der Waals surface area contributed by atoms with Crippen LogP contribution in [-0.4, -0.2) is 37.1 Å². The number of ether oxygens (including phenoxy) is 2. The van der Waals surface area contributed by atoms with Crippen molar-refractivity contribution in [3.8, 4) is 0 Å². The highest BCUT2D eigenvalue weighted by atomic mass is 79.9. The van der Waals surface area contributed by atoms with E-state index < -0.39 is 23.3 Å². The van der Waals surface area contributed by atoms with Gasteiger partial charge in [0.15, 0.2) is 0 Å². The number of amidine groups is 1. The van der Waals surface area contributed by atoms with Gasteiger partial charge >= 0.3 is 11.9 Å². The van der Waals surface area contributed by atoms with Crippen LogP contribution in [0.3, 0.4) is 0 Å². The topological polar surface area (TPSA) is 99.9 Å². The predicted octanol–water partition coefficient (Wildman–Crippen LogP) is 6.14. The molecule has 1 atom stereocenters. The molecule has 0 spiro atoms. The summed E-state index contributed by atoms with van der Waals surface area (Å²) in [6, 6.07) is 13.5. The Labute approximate surface area is 217 Å². The minimum atomic E-state index is -0.972. The Kier molecular flexibility index (Phi) is 7.77. The Hall–Kier alpha value is -3.10. The lowest BCUT2D eigenvalue weighted by Crippen LogP contribution is -2.45. The van der Waals surface area contributed by atoms with Gasteiger partial charge in [0.25, 0.3) is 0 Å². The summed E-state index contributed by atoms with van der Waals surface area (Å²) in [5.74, 6) is -2.87. The van der Waals surface area contributed by atoms with E-state index in [1.54, 1.807) is 69.3 Å². The number of hydrogen-bond acceptors (Lipinski definition) is 6. The summed E-state index contributed by atoms with van der Waals surface area (Å²) in [6.07, 6.45) is 0. The zero-order valence-electron chi connectivity index (χ0n) is 20.0. The molecule has 1 unspecified atom stereocenters. The van der Waals surface area contributed by atoms with Gasteiger partial charge in [-0.25, -0.2) is 9.59 Å². The summed E-state index contributed by atoms with van der Waals surface area (Å²) in [5, 5.41) is 21.1. The van der Waals surface area contributed by atoms with Crippen molar-refractivity contribution in [3.05, 3.63) is 86.2 Å². The summed E-state index contributed by atoms with van der Waals surface area (Å²) < 4.78 is 11.0. The fraction of sp³-hybridized carbons (Fsp3) is 0.269. The highest BCUT2D eigenvalue weighted by Crippen LogP contribution is 2.46. The van der Waals surface area contributed by atoms with Crippen molar-refractivity contribution in [1.29, 1.82) is 5.41 Å². The molecular formula is C26H26BrClN2O5. The van der Waals surface area contributed by atoms with Gasteiger partial charge in [0.05, 0.1) is 25.7 Å². The molecule has 1 aliphatic rings. The number of nitrogens with zero attached hydrogens (tertiary/aromatic N) is 1. The van der Waals surface area contributed by atoms with E-state index in [0.717, 1.165) is 4.47 Å². The average molecular weight is 562 g/mol. The van der Waals surface area contributed by atoms with Gasteiger partial charge in [-0.3, -0.25) is 10.3 Å². The summed E-state index contributed by atoms with van der Waals surface area (Å²) in [6.45, 7) is 5.39. The number of hydrogen-bond donors (Lipinski definition) is 2. The van der Waals surface area contributed by atoms with Gasteiger partial charge in [0.2, 0.25) is 0 Å². The van der Waals surface area contributed by atoms with Crippen molar-refractivity contribution in [2.75, 3.05) is 19.1 Å². The van der Waals surface area contributed by atoms with Crippen LogP contribution in [0.2, 0.25) is 5.02 Å². The molecule has 7 nitrogen and oxygen atoms in total. The molecule has 0 radical (unpaired) electrons. The first-order valence-corrected chi connectivity index (χ1v) is 11.8. The molecule has 3 rings (SSSR count). The Morgan fingerprint density at radius 2 is 1.54 bits per heavy atom. The van der Waals surface area contributed by atoms with E-state index in [9.17, 15) is 20.1 Å². The van der Waals surface area contributed by atoms with Crippen LogP contribution in [0, 0.1) is 10.8 Å². The molecular weight excluding hydrogens is 536 g/mol. The van der Waals surface area contributed by atoms with Gasteiger partial charge in [-0.05, 0) is 42.0 Å². The SMILES string of the molecule is COC(=O)C1=C(C(=O)OC)N(c2ccc(Cl)cc2)C(=N)/C(=C(/O)C(C)(C)C)C1c1ccc(Br)cc1. The van der Waals surface area contributed by atoms with E-state index in [0.29, 0.717) is 16.3 Å². The molecule has 0 saturated carbocycles. The van der Waals surface area contributed by atoms with E-state index in [-0.39, 0.29) is 28.4 Å². The monoisotopic (exact) mass is 560 g/mol. The summed E-state index contributed by atoms with van der Waals surface area (Å²) in [5.41, 5.74) is 0.132. The molecule has 0 fully saturated rings. The first-order chi connectivity index (χ1) is 16.4. The summed E-state index contributed by atoms with van der Waals surface area (Å²) >= 11 is 9.47. The van der Waals surface area contributed by atoms with Gasteiger partial charge in [-0.2, -0.15) is 0 Å². The van der Waals surface area contributed by atoms with Crippen LogP contribution in [0.4, 0.5) is 5.69 Å². The van der Waals surface area contributed by atoms with Gasteiger partial charge < -0.3 is 14.6 Å². The fourth-order valence-electron chi connectivity index (χ4n) is 3.88. The van der Waals surface area contributed by atoms with Crippen LogP contribution in [0.15, 0.2) is 75.6 Å². The third-order valence-corrected chi connectivity index (χ3v) is 6.35. The number of allylic oxidation sites excluding steroid dienone is 1. The Morgan fingerprint density at radius 1 is 1.00 bits per heavy atom. The van der Waals surface area contributed by atoms with Crippen molar-refractivity contribution >= 4 is 51.0 Å². The molecule has 184 valence electrons. The molecule has 1 heterocycles. The molecule has 2 N–H and O–H groups in total. The molecule has 2 aromatic carbocycles. The lowest BCUT2D eigenvalue weighted by Gasteiger charge is -2.39. The number of benzene rings is 2. The number of anilines is 1. The van der Waals surface area contributed by atoms with Crippen molar-refractivity contribution in [1.82, 2.24) is 0 Å². The zero-order valence-corrected chi connectivity index (χ0v) is 22.3. The molecule has 0 amide bonds. The normalized spacial score (nSPS) is 17.9. The highest BCUT2D eigenvalue weighted by Gasteiger charge is 2.46. The third kappa shape index (κ3) is 5.13. The second kappa shape index (κ2) is 10.3. The number of halogens is 2. The number of carbonyl (C=O) groups is 2. The maximum absolute atomic E-state index is 13.3. The number of rotatable bonds is 4.